The van der Waals surface area contributed by atoms with Crippen LogP contribution in [0.25, 0.3) is 22.3 Å². The van der Waals surface area contributed by atoms with Gasteiger partial charge in [0.25, 0.3) is 0 Å². The van der Waals surface area contributed by atoms with E-state index in [0.717, 1.165) is 10.9 Å². The predicted molar refractivity (Wildman–Crippen MR) is 125 cm³/mol. The third-order valence-corrected chi connectivity index (χ3v) is 5.24. The molecule has 32 heavy (non-hydrogen) atoms. The average Bonchev–Trinajstić information content (AvgIpc) is 2.83. The third-order valence-electron chi connectivity index (χ3n) is 5.00. The van der Waals surface area contributed by atoms with Gasteiger partial charge in [0.15, 0.2) is 11.5 Å². The van der Waals surface area contributed by atoms with E-state index in [4.69, 9.17) is 40.0 Å². The van der Waals surface area contributed by atoms with Crippen LogP contribution in [-0.4, -0.2) is 28.4 Å². The molecule has 0 radical (unpaired) electrons. The number of benzene rings is 3. The molecule has 1 heterocycles. The van der Waals surface area contributed by atoms with Crippen molar-refractivity contribution in [2.24, 2.45) is 4.99 Å². The van der Waals surface area contributed by atoms with Crippen molar-refractivity contribution in [3.63, 3.8) is 0 Å². The minimum atomic E-state index is 0.562. The fourth-order valence-corrected chi connectivity index (χ4v) is 3.55. The van der Waals surface area contributed by atoms with Crippen molar-refractivity contribution >= 4 is 28.3 Å². The van der Waals surface area contributed by atoms with Crippen LogP contribution < -0.4 is 24.3 Å². The molecule has 0 unspecified atom stereocenters. The Morgan fingerprint density at radius 3 is 2.19 bits per heavy atom. The van der Waals surface area contributed by atoms with Crippen molar-refractivity contribution in [2.45, 2.75) is 0 Å². The lowest BCUT2D eigenvalue weighted by atomic mass is 10.1. The van der Waals surface area contributed by atoms with Gasteiger partial charge in [0.05, 0.1) is 33.8 Å². The normalized spacial score (nSPS) is 11.5. The molecular formula is C25H22ClNO5. The molecule has 0 aliphatic rings. The third kappa shape index (κ3) is 4.22. The topological polar surface area (TPSA) is 62.4 Å². The molecule has 0 aliphatic carbocycles. The molecule has 3 aromatic carbocycles. The summed E-state index contributed by atoms with van der Waals surface area (Å²) in [4.78, 5) is 4.86. The van der Waals surface area contributed by atoms with Crippen molar-refractivity contribution in [1.82, 2.24) is 0 Å². The maximum Gasteiger partial charge on any atom is 0.161 e. The summed E-state index contributed by atoms with van der Waals surface area (Å²) in [5.41, 5.74) is 2.07. The first-order valence-electron chi connectivity index (χ1n) is 9.79. The van der Waals surface area contributed by atoms with Gasteiger partial charge in [0.1, 0.15) is 28.5 Å². The highest BCUT2D eigenvalue weighted by molar-refractivity contribution is 6.30. The van der Waals surface area contributed by atoms with Gasteiger partial charge in [-0.1, -0.05) is 11.6 Å². The number of hydrogen-bond acceptors (Lipinski definition) is 6. The Labute approximate surface area is 190 Å². The SMILES string of the molecule is COc1ccc2oc(-c3ccc(OC)c(OC)c3)cc(=Nc3cc(Cl)ccc3OC)c2c1. The standard InChI is InChI=1S/C25H22ClNO5/c1-28-17-7-10-21-18(13-17)19(27-20-12-16(26)6-9-22(20)29-2)14-24(32-21)15-5-8-23(30-3)25(11-15)31-4/h5-14H,1-4H3. The van der Waals surface area contributed by atoms with Crippen LogP contribution in [-0.2, 0) is 0 Å². The van der Waals surface area contributed by atoms with E-state index in [1.807, 2.05) is 42.5 Å². The minimum absolute atomic E-state index is 0.562. The van der Waals surface area contributed by atoms with Crippen LogP contribution in [0.3, 0.4) is 0 Å². The Morgan fingerprint density at radius 1 is 0.719 bits per heavy atom. The molecule has 0 spiro atoms. The Hall–Kier alpha value is -3.64. The van der Waals surface area contributed by atoms with Crippen molar-refractivity contribution in [2.75, 3.05) is 28.4 Å². The van der Waals surface area contributed by atoms with Crippen LogP contribution in [0.5, 0.6) is 23.0 Å². The zero-order chi connectivity index (χ0) is 22.7. The number of nitrogens with zero attached hydrogens (tertiary/aromatic N) is 1. The van der Waals surface area contributed by atoms with E-state index in [2.05, 4.69) is 0 Å². The molecule has 4 rings (SSSR count). The van der Waals surface area contributed by atoms with Gasteiger partial charge in [-0.15, -0.1) is 0 Å². The largest absolute Gasteiger partial charge is 0.497 e. The molecular weight excluding hydrogens is 430 g/mol. The second-order valence-corrected chi connectivity index (χ2v) is 7.29. The Bertz CT molecular complexity index is 1350. The van der Waals surface area contributed by atoms with Gasteiger partial charge in [-0.05, 0) is 54.6 Å². The van der Waals surface area contributed by atoms with E-state index in [0.29, 0.717) is 50.4 Å². The zero-order valence-corrected chi connectivity index (χ0v) is 18.9. The fraction of sp³-hybridized carbons (Fsp3) is 0.160. The summed E-state index contributed by atoms with van der Waals surface area (Å²) in [5, 5.41) is 2.03. The highest BCUT2D eigenvalue weighted by Gasteiger charge is 2.12. The van der Waals surface area contributed by atoms with Crippen molar-refractivity contribution in [1.29, 1.82) is 0 Å². The number of fused-ring (bicyclic) bond motifs is 1. The van der Waals surface area contributed by atoms with Crippen LogP contribution >= 0.6 is 11.6 Å². The molecule has 6 nitrogen and oxygen atoms in total. The molecule has 1 aromatic heterocycles. The maximum atomic E-state index is 6.22. The molecule has 0 N–H and O–H groups in total. The van der Waals surface area contributed by atoms with Gasteiger partial charge >= 0.3 is 0 Å². The molecule has 0 atom stereocenters. The molecule has 0 saturated carbocycles. The monoisotopic (exact) mass is 451 g/mol. The van der Waals surface area contributed by atoms with E-state index >= 15 is 0 Å². The van der Waals surface area contributed by atoms with Crippen molar-refractivity contribution in [3.8, 4) is 34.3 Å². The van der Waals surface area contributed by atoms with Crippen LogP contribution in [0, 0.1) is 0 Å². The first kappa shape index (κ1) is 21.6. The molecule has 0 bridgehead atoms. The summed E-state index contributed by atoms with van der Waals surface area (Å²) in [6.07, 6.45) is 0. The number of hydrogen-bond donors (Lipinski definition) is 0. The summed E-state index contributed by atoms with van der Waals surface area (Å²) in [6, 6.07) is 18.3. The fourth-order valence-electron chi connectivity index (χ4n) is 3.38. The predicted octanol–water partition coefficient (Wildman–Crippen LogP) is 6.02. The van der Waals surface area contributed by atoms with E-state index in [1.165, 1.54) is 0 Å². The number of ether oxygens (including phenoxy) is 4. The Balaban J connectivity index is 2.00. The molecule has 7 heteroatoms. The number of halogens is 1. The van der Waals surface area contributed by atoms with E-state index in [-0.39, 0.29) is 0 Å². The molecule has 0 aliphatic heterocycles. The maximum absolute atomic E-state index is 6.22. The van der Waals surface area contributed by atoms with Crippen LogP contribution in [0.15, 0.2) is 70.1 Å². The molecule has 0 fully saturated rings. The summed E-state index contributed by atoms with van der Waals surface area (Å²) in [6.45, 7) is 0. The van der Waals surface area contributed by atoms with Gasteiger partial charge in [0.2, 0.25) is 0 Å². The highest BCUT2D eigenvalue weighted by Crippen LogP contribution is 2.34. The number of methoxy groups -OCH3 is 4. The van der Waals surface area contributed by atoms with Crippen LogP contribution in [0.4, 0.5) is 5.69 Å². The summed E-state index contributed by atoms with van der Waals surface area (Å²) in [5.74, 6) is 3.16. The Kier molecular flexibility index (Phi) is 6.23. The summed E-state index contributed by atoms with van der Waals surface area (Å²) >= 11 is 6.22. The second kappa shape index (κ2) is 9.24. The first-order chi connectivity index (χ1) is 15.6. The lowest BCUT2D eigenvalue weighted by Crippen LogP contribution is -2.04. The van der Waals surface area contributed by atoms with Crippen LogP contribution in [0.2, 0.25) is 5.02 Å². The minimum Gasteiger partial charge on any atom is -0.497 e. The van der Waals surface area contributed by atoms with Gasteiger partial charge < -0.3 is 23.4 Å². The smallest absolute Gasteiger partial charge is 0.161 e. The summed E-state index contributed by atoms with van der Waals surface area (Å²) in [7, 11) is 6.41. The summed E-state index contributed by atoms with van der Waals surface area (Å²) < 4.78 is 27.9. The van der Waals surface area contributed by atoms with Crippen LogP contribution in [0.1, 0.15) is 0 Å². The van der Waals surface area contributed by atoms with E-state index in [1.54, 1.807) is 46.6 Å². The zero-order valence-electron chi connectivity index (χ0n) is 18.1. The van der Waals surface area contributed by atoms with Gasteiger partial charge in [-0.3, -0.25) is 0 Å². The average molecular weight is 452 g/mol. The first-order valence-corrected chi connectivity index (χ1v) is 10.2. The van der Waals surface area contributed by atoms with Gasteiger partial charge in [-0.25, -0.2) is 4.99 Å². The lowest BCUT2D eigenvalue weighted by Gasteiger charge is -2.11. The highest BCUT2D eigenvalue weighted by atomic mass is 35.5. The molecule has 4 aromatic rings. The van der Waals surface area contributed by atoms with Crippen molar-refractivity contribution < 1.29 is 23.4 Å². The van der Waals surface area contributed by atoms with E-state index in [9.17, 15) is 0 Å². The van der Waals surface area contributed by atoms with Gasteiger partial charge in [0, 0.05) is 22.0 Å². The quantitative estimate of drug-likeness (QED) is 0.358. The number of rotatable bonds is 6. The van der Waals surface area contributed by atoms with Crippen molar-refractivity contribution in [3.05, 3.63) is 71.0 Å². The molecule has 0 amide bonds. The lowest BCUT2D eigenvalue weighted by molar-refractivity contribution is 0.355. The molecule has 0 saturated heterocycles. The van der Waals surface area contributed by atoms with E-state index < -0.39 is 0 Å². The second-order valence-electron chi connectivity index (χ2n) is 6.86. The Morgan fingerprint density at radius 2 is 1.47 bits per heavy atom. The molecule has 164 valence electrons. The van der Waals surface area contributed by atoms with Gasteiger partial charge in [-0.2, -0.15) is 0 Å².